The van der Waals surface area contributed by atoms with Crippen molar-refractivity contribution in [2.45, 2.75) is 6.23 Å². The van der Waals surface area contributed by atoms with Gasteiger partial charge < -0.3 is 4.84 Å². The minimum absolute atomic E-state index is 0.256. The van der Waals surface area contributed by atoms with Crippen LogP contribution in [0.4, 0.5) is 5.69 Å². The molecule has 1 aliphatic rings. The number of rotatable bonds is 3. The summed E-state index contributed by atoms with van der Waals surface area (Å²) >= 11 is 0. The first kappa shape index (κ1) is 13.6. The molecule has 1 heterocycles. The lowest BCUT2D eigenvalue weighted by Crippen LogP contribution is -2.31. The SMILES string of the molecule is c1ccc(C2=NOC(c3ccccc3)N2c2ccccc2)cc1. The maximum absolute atomic E-state index is 5.79. The molecule has 0 saturated heterocycles. The number of para-hydroxylation sites is 1. The molecule has 0 spiro atoms. The van der Waals surface area contributed by atoms with E-state index in [1.807, 2.05) is 66.7 Å². The van der Waals surface area contributed by atoms with Crippen LogP contribution in [0.2, 0.25) is 0 Å². The maximum Gasteiger partial charge on any atom is 0.231 e. The monoisotopic (exact) mass is 300 g/mol. The molecule has 1 atom stereocenters. The Labute approximate surface area is 135 Å². The fraction of sp³-hybridized carbons (Fsp3) is 0.0500. The van der Waals surface area contributed by atoms with E-state index in [2.05, 4.69) is 34.3 Å². The summed E-state index contributed by atoms with van der Waals surface area (Å²) in [4.78, 5) is 7.92. The fourth-order valence-electron chi connectivity index (χ4n) is 2.75. The van der Waals surface area contributed by atoms with Crippen LogP contribution in [0.3, 0.4) is 0 Å². The van der Waals surface area contributed by atoms with Crippen molar-refractivity contribution in [2.75, 3.05) is 4.90 Å². The van der Waals surface area contributed by atoms with Crippen LogP contribution in [0, 0.1) is 0 Å². The van der Waals surface area contributed by atoms with E-state index < -0.39 is 0 Å². The molecular weight excluding hydrogens is 284 g/mol. The van der Waals surface area contributed by atoms with Gasteiger partial charge in [0, 0.05) is 16.8 Å². The van der Waals surface area contributed by atoms with E-state index in [1.54, 1.807) is 0 Å². The zero-order valence-corrected chi connectivity index (χ0v) is 12.5. The molecule has 0 fully saturated rings. The molecule has 0 radical (unpaired) electrons. The normalized spacial score (nSPS) is 16.8. The largest absolute Gasteiger partial charge is 0.363 e. The summed E-state index contributed by atoms with van der Waals surface area (Å²) in [6.45, 7) is 0. The van der Waals surface area contributed by atoms with E-state index in [9.17, 15) is 0 Å². The zero-order valence-electron chi connectivity index (χ0n) is 12.5. The molecule has 0 aliphatic carbocycles. The Kier molecular flexibility index (Phi) is 3.53. The Morgan fingerprint density at radius 2 is 1.26 bits per heavy atom. The van der Waals surface area contributed by atoms with Gasteiger partial charge in [0.25, 0.3) is 0 Å². The number of benzene rings is 3. The summed E-state index contributed by atoms with van der Waals surface area (Å²) in [7, 11) is 0. The third-order valence-corrected chi connectivity index (χ3v) is 3.85. The van der Waals surface area contributed by atoms with Gasteiger partial charge in [-0.05, 0) is 12.1 Å². The van der Waals surface area contributed by atoms with Crippen LogP contribution in [0.15, 0.2) is 96.2 Å². The van der Waals surface area contributed by atoms with Gasteiger partial charge >= 0.3 is 0 Å². The molecule has 4 rings (SSSR count). The fourth-order valence-corrected chi connectivity index (χ4v) is 2.75. The average molecular weight is 300 g/mol. The van der Waals surface area contributed by atoms with E-state index >= 15 is 0 Å². The second-order valence-electron chi connectivity index (χ2n) is 5.35. The van der Waals surface area contributed by atoms with Gasteiger partial charge in [-0.15, -0.1) is 0 Å². The van der Waals surface area contributed by atoms with Crippen LogP contribution in [-0.4, -0.2) is 5.84 Å². The van der Waals surface area contributed by atoms with Gasteiger partial charge in [-0.25, -0.2) is 0 Å². The van der Waals surface area contributed by atoms with E-state index in [4.69, 9.17) is 4.84 Å². The Morgan fingerprint density at radius 3 is 1.91 bits per heavy atom. The summed E-state index contributed by atoms with van der Waals surface area (Å²) in [5.41, 5.74) is 3.17. The highest BCUT2D eigenvalue weighted by molar-refractivity contribution is 6.10. The molecule has 3 aromatic carbocycles. The zero-order chi connectivity index (χ0) is 15.5. The number of nitrogens with zero attached hydrogens (tertiary/aromatic N) is 2. The number of oxime groups is 1. The van der Waals surface area contributed by atoms with Crippen LogP contribution in [0.1, 0.15) is 17.4 Å². The van der Waals surface area contributed by atoms with Crippen molar-refractivity contribution in [1.82, 2.24) is 0 Å². The molecule has 112 valence electrons. The van der Waals surface area contributed by atoms with E-state index in [1.165, 1.54) is 0 Å². The molecule has 3 nitrogen and oxygen atoms in total. The summed E-state index contributed by atoms with van der Waals surface area (Å²) in [6, 6.07) is 30.5. The highest BCUT2D eigenvalue weighted by Gasteiger charge is 2.33. The third kappa shape index (κ3) is 2.57. The highest BCUT2D eigenvalue weighted by atomic mass is 16.7. The molecule has 3 aromatic rings. The topological polar surface area (TPSA) is 24.8 Å². The lowest BCUT2D eigenvalue weighted by molar-refractivity contribution is 0.0868. The van der Waals surface area contributed by atoms with Gasteiger partial charge in [0.2, 0.25) is 6.23 Å². The number of amidine groups is 1. The van der Waals surface area contributed by atoms with Crippen LogP contribution in [0.5, 0.6) is 0 Å². The van der Waals surface area contributed by atoms with Gasteiger partial charge in [-0.2, -0.15) is 0 Å². The van der Waals surface area contributed by atoms with E-state index in [0.29, 0.717) is 0 Å². The molecule has 0 saturated carbocycles. The minimum Gasteiger partial charge on any atom is -0.363 e. The van der Waals surface area contributed by atoms with Crippen molar-refractivity contribution in [3.63, 3.8) is 0 Å². The smallest absolute Gasteiger partial charge is 0.231 e. The van der Waals surface area contributed by atoms with Crippen LogP contribution >= 0.6 is 0 Å². The Bertz CT molecular complexity index is 801. The molecule has 1 aliphatic heterocycles. The molecule has 1 unspecified atom stereocenters. The second kappa shape index (κ2) is 5.97. The summed E-state index contributed by atoms with van der Waals surface area (Å²) in [5, 5.41) is 4.36. The van der Waals surface area contributed by atoms with Crippen molar-refractivity contribution in [3.8, 4) is 0 Å². The van der Waals surface area contributed by atoms with Crippen LogP contribution in [0.25, 0.3) is 0 Å². The summed E-state index contributed by atoms with van der Waals surface area (Å²) in [5.74, 6) is 0.825. The molecule has 0 bridgehead atoms. The standard InChI is InChI=1S/C20H16N2O/c1-4-10-16(11-5-1)19-21-23-20(17-12-6-2-7-13-17)22(19)18-14-8-3-9-15-18/h1-15,20H. The third-order valence-electron chi connectivity index (χ3n) is 3.85. The Balaban J connectivity index is 1.79. The minimum atomic E-state index is -0.256. The van der Waals surface area contributed by atoms with Crippen molar-refractivity contribution >= 4 is 11.5 Å². The van der Waals surface area contributed by atoms with E-state index in [0.717, 1.165) is 22.6 Å². The molecule has 3 heteroatoms. The van der Waals surface area contributed by atoms with Crippen LogP contribution < -0.4 is 4.90 Å². The summed E-state index contributed by atoms with van der Waals surface area (Å²) in [6.07, 6.45) is -0.256. The quantitative estimate of drug-likeness (QED) is 0.707. The molecule has 0 N–H and O–H groups in total. The highest BCUT2D eigenvalue weighted by Crippen LogP contribution is 2.34. The molecule has 0 amide bonds. The van der Waals surface area contributed by atoms with Crippen molar-refractivity contribution in [3.05, 3.63) is 102 Å². The van der Waals surface area contributed by atoms with Gasteiger partial charge in [0.05, 0.1) is 0 Å². The van der Waals surface area contributed by atoms with Gasteiger partial charge in [-0.1, -0.05) is 84.0 Å². The average Bonchev–Trinajstić information content (AvgIpc) is 3.09. The predicted octanol–water partition coefficient (Wildman–Crippen LogP) is 4.58. The first-order valence-electron chi connectivity index (χ1n) is 7.62. The van der Waals surface area contributed by atoms with Gasteiger partial charge in [0.15, 0.2) is 5.84 Å². The van der Waals surface area contributed by atoms with Crippen molar-refractivity contribution in [2.24, 2.45) is 5.16 Å². The predicted molar refractivity (Wildman–Crippen MR) is 92.2 cm³/mol. The number of hydrogen-bond acceptors (Lipinski definition) is 3. The lowest BCUT2D eigenvalue weighted by Gasteiger charge is -2.25. The lowest BCUT2D eigenvalue weighted by atomic mass is 10.1. The number of hydrogen-bond donors (Lipinski definition) is 0. The maximum atomic E-state index is 5.79. The van der Waals surface area contributed by atoms with E-state index in [-0.39, 0.29) is 6.23 Å². The van der Waals surface area contributed by atoms with Crippen LogP contribution in [-0.2, 0) is 4.84 Å². The molecule has 23 heavy (non-hydrogen) atoms. The Morgan fingerprint density at radius 1 is 0.696 bits per heavy atom. The number of anilines is 1. The van der Waals surface area contributed by atoms with Crippen molar-refractivity contribution in [1.29, 1.82) is 0 Å². The molecular formula is C20H16N2O. The van der Waals surface area contributed by atoms with Gasteiger partial charge in [-0.3, -0.25) is 4.90 Å². The molecule has 0 aromatic heterocycles. The van der Waals surface area contributed by atoms with Gasteiger partial charge in [0.1, 0.15) is 0 Å². The first-order chi connectivity index (χ1) is 11.4. The summed E-state index contributed by atoms with van der Waals surface area (Å²) < 4.78 is 0. The first-order valence-corrected chi connectivity index (χ1v) is 7.62. The Hall–Kier alpha value is -3.07. The second-order valence-corrected chi connectivity index (χ2v) is 5.35. The van der Waals surface area contributed by atoms with Crippen molar-refractivity contribution < 1.29 is 4.84 Å².